The Labute approximate surface area is 154 Å². The van der Waals surface area contributed by atoms with Crippen LogP contribution in [-0.4, -0.2) is 26.9 Å². The molecule has 1 aromatic carbocycles. The number of halogens is 2. The van der Waals surface area contributed by atoms with Gasteiger partial charge in [-0.15, -0.1) is 0 Å². The number of nitrogens with zero attached hydrogens (tertiary/aromatic N) is 4. The van der Waals surface area contributed by atoms with Gasteiger partial charge >= 0.3 is 0 Å². The van der Waals surface area contributed by atoms with Crippen molar-refractivity contribution in [2.75, 3.05) is 0 Å². The third-order valence-electron chi connectivity index (χ3n) is 3.41. The van der Waals surface area contributed by atoms with Gasteiger partial charge in [-0.05, 0) is 31.2 Å². The molecule has 126 valence electrons. The third kappa shape index (κ3) is 3.70. The van der Waals surface area contributed by atoms with E-state index in [2.05, 4.69) is 20.6 Å². The summed E-state index contributed by atoms with van der Waals surface area (Å²) >= 11 is 12.6. The number of nitrogens with one attached hydrogen (secondary N) is 1. The molecule has 6 nitrogen and oxygen atoms in total. The number of hydrogen-bond acceptors (Lipinski definition) is 4. The van der Waals surface area contributed by atoms with Crippen LogP contribution in [-0.2, 0) is 0 Å². The predicted molar refractivity (Wildman–Crippen MR) is 97.6 cm³/mol. The molecular weight excluding hydrogens is 361 g/mol. The number of hydrogen-bond donors (Lipinski definition) is 1. The van der Waals surface area contributed by atoms with E-state index in [1.54, 1.807) is 31.3 Å². The quantitative estimate of drug-likeness (QED) is 0.560. The topological polar surface area (TPSA) is 72.2 Å². The summed E-state index contributed by atoms with van der Waals surface area (Å²) in [5, 5.41) is 9.21. The van der Waals surface area contributed by atoms with E-state index < -0.39 is 0 Å². The summed E-state index contributed by atoms with van der Waals surface area (Å²) in [7, 11) is 0. The Hall–Kier alpha value is -2.70. The first-order valence-corrected chi connectivity index (χ1v) is 8.07. The lowest BCUT2D eigenvalue weighted by Gasteiger charge is -2.04. The van der Waals surface area contributed by atoms with Crippen molar-refractivity contribution in [1.29, 1.82) is 0 Å². The first-order valence-electron chi connectivity index (χ1n) is 7.31. The monoisotopic (exact) mass is 373 g/mol. The van der Waals surface area contributed by atoms with Crippen molar-refractivity contribution in [3.8, 4) is 5.69 Å². The molecule has 0 radical (unpaired) electrons. The SMILES string of the molecule is Cc1nn(-c2ccccc2Cl)c(Cl)c1/C=N\NC(=O)c1cccnc1. The van der Waals surface area contributed by atoms with Gasteiger partial charge in [-0.3, -0.25) is 9.78 Å². The van der Waals surface area contributed by atoms with Gasteiger partial charge in [0.15, 0.2) is 0 Å². The van der Waals surface area contributed by atoms with Crippen LogP contribution in [0.2, 0.25) is 10.2 Å². The predicted octanol–water partition coefficient (Wildman–Crippen LogP) is 3.65. The van der Waals surface area contributed by atoms with Gasteiger partial charge < -0.3 is 0 Å². The van der Waals surface area contributed by atoms with Crippen molar-refractivity contribution in [3.05, 3.63) is 75.8 Å². The van der Waals surface area contributed by atoms with Crippen LogP contribution >= 0.6 is 23.2 Å². The van der Waals surface area contributed by atoms with Crippen LogP contribution in [0.15, 0.2) is 53.9 Å². The molecule has 0 atom stereocenters. The highest BCUT2D eigenvalue weighted by Gasteiger charge is 2.15. The smallest absolute Gasteiger partial charge is 0.267 e. The number of carbonyl (C=O) groups excluding carboxylic acids is 1. The van der Waals surface area contributed by atoms with E-state index >= 15 is 0 Å². The molecule has 3 aromatic rings. The Balaban J connectivity index is 1.82. The second kappa shape index (κ2) is 7.46. The molecular formula is C17H13Cl2N5O. The number of aryl methyl sites for hydroxylation is 1. The second-order valence-electron chi connectivity index (χ2n) is 5.09. The van der Waals surface area contributed by atoms with Gasteiger partial charge in [-0.1, -0.05) is 35.3 Å². The fourth-order valence-corrected chi connectivity index (χ4v) is 2.69. The average Bonchev–Trinajstić information content (AvgIpc) is 2.91. The number of para-hydroxylation sites is 1. The number of benzene rings is 1. The normalized spacial score (nSPS) is 11.0. The van der Waals surface area contributed by atoms with Gasteiger partial charge in [0.05, 0.1) is 33.7 Å². The zero-order chi connectivity index (χ0) is 17.8. The highest BCUT2D eigenvalue weighted by atomic mass is 35.5. The van der Waals surface area contributed by atoms with E-state index in [1.807, 2.05) is 18.2 Å². The Bertz CT molecular complexity index is 937. The fourth-order valence-electron chi connectivity index (χ4n) is 2.16. The number of carbonyl (C=O) groups is 1. The number of aromatic nitrogens is 3. The first kappa shape index (κ1) is 17.1. The second-order valence-corrected chi connectivity index (χ2v) is 5.86. The molecule has 0 unspecified atom stereocenters. The molecule has 0 aliphatic rings. The molecule has 0 aliphatic carbocycles. The standard InChI is InChI=1S/C17H13Cl2N5O/c1-11-13(10-21-22-17(25)12-5-4-8-20-9-12)16(19)24(23-11)15-7-3-2-6-14(15)18/h2-10H,1H3,(H,22,25)/b21-10-. The van der Waals surface area contributed by atoms with Crippen molar-refractivity contribution < 1.29 is 4.79 Å². The van der Waals surface area contributed by atoms with Crippen LogP contribution in [0.3, 0.4) is 0 Å². The summed E-state index contributed by atoms with van der Waals surface area (Å²) < 4.78 is 1.53. The number of amides is 1. The minimum Gasteiger partial charge on any atom is -0.267 e. The maximum Gasteiger partial charge on any atom is 0.272 e. The summed E-state index contributed by atoms with van der Waals surface area (Å²) in [5.41, 5.74) is 4.75. The summed E-state index contributed by atoms with van der Waals surface area (Å²) in [6.07, 6.45) is 4.50. The van der Waals surface area contributed by atoms with Crippen LogP contribution in [0.1, 0.15) is 21.6 Å². The molecule has 0 saturated carbocycles. The maximum atomic E-state index is 11.9. The zero-order valence-electron chi connectivity index (χ0n) is 13.1. The lowest BCUT2D eigenvalue weighted by atomic mass is 10.3. The lowest BCUT2D eigenvalue weighted by molar-refractivity contribution is 0.0955. The maximum absolute atomic E-state index is 11.9. The van der Waals surface area contributed by atoms with E-state index in [-0.39, 0.29) is 5.91 Å². The van der Waals surface area contributed by atoms with Crippen LogP contribution in [0, 0.1) is 6.92 Å². The molecule has 0 bridgehead atoms. The Morgan fingerprint density at radius 3 is 2.76 bits per heavy atom. The van der Waals surface area contributed by atoms with Gasteiger partial charge in [-0.2, -0.15) is 10.2 Å². The Morgan fingerprint density at radius 2 is 2.04 bits per heavy atom. The zero-order valence-corrected chi connectivity index (χ0v) is 14.7. The van der Waals surface area contributed by atoms with Gasteiger partial charge in [0.25, 0.3) is 5.91 Å². The van der Waals surface area contributed by atoms with Crippen LogP contribution in [0.4, 0.5) is 0 Å². The minimum absolute atomic E-state index is 0.352. The largest absolute Gasteiger partial charge is 0.272 e. The van der Waals surface area contributed by atoms with E-state index in [0.717, 1.165) is 0 Å². The van der Waals surface area contributed by atoms with Crippen LogP contribution in [0.5, 0.6) is 0 Å². The number of rotatable bonds is 4. The highest BCUT2D eigenvalue weighted by Crippen LogP contribution is 2.26. The Morgan fingerprint density at radius 1 is 1.24 bits per heavy atom. The summed E-state index contributed by atoms with van der Waals surface area (Å²) in [5.74, 6) is -0.364. The molecule has 3 rings (SSSR count). The van der Waals surface area contributed by atoms with Crippen molar-refractivity contribution in [3.63, 3.8) is 0 Å². The van der Waals surface area contributed by atoms with Crippen molar-refractivity contribution in [2.45, 2.75) is 6.92 Å². The summed E-state index contributed by atoms with van der Waals surface area (Å²) in [6, 6.07) is 10.6. The van der Waals surface area contributed by atoms with E-state index in [0.29, 0.717) is 32.7 Å². The highest BCUT2D eigenvalue weighted by molar-refractivity contribution is 6.34. The van der Waals surface area contributed by atoms with Gasteiger partial charge in [-0.25, -0.2) is 10.1 Å². The summed E-state index contributed by atoms with van der Waals surface area (Å²) in [6.45, 7) is 1.80. The summed E-state index contributed by atoms with van der Waals surface area (Å²) in [4.78, 5) is 15.8. The average molecular weight is 374 g/mol. The van der Waals surface area contributed by atoms with Crippen LogP contribution in [0.25, 0.3) is 5.69 Å². The minimum atomic E-state index is -0.364. The van der Waals surface area contributed by atoms with E-state index in [9.17, 15) is 4.79 Å². The molecule has 25 heavy (non-hydrogen) atoms. The molecule has 0 spiro atoms. The van der Waals surface area contributed by atoms with E-state index in [1.165, 1.54) is 17.1 Å². The molecule has 2 heterocycles. The number of hydrazone groups is 1. The Kier molecular flexibility index (Phi) is 5.11. The van der Waals surface area contributed by atoms with E-state index in [4.69, 9.17) is 23.2 Å². The third-order valence-corrected chi connectivity index (χ3v) is 4.10. The van der Waals surface area contributed by atoms with Gasteiger partial charge in [0.2, 0.25) is 0 Å². The molecule has 0 fully saturated rings. The molecule has 1 N–H and O–H groups in total. The molecule has 0 aliphatic heterocycles. The number of pyridine rings is 1. The van der Waals surface area contributed by atoms with Crippen molar-refractivity contribution in [1.82, 2.24) is 20.2 Å². The molecule has 2 aromatic heterocycles. The first-order chi connectivity index (χ1) is 12.1. The van der Waals surface area contributed by atoms with Gasteiger partial charge in [0, 0.05) is 12.4 Å². The lowest BCUT2D eigenvalue weighted by Crippen LogP contribution is -2.17. The van der Waals surface area contributed by atoms with Crippen molar-refractivity contribution in [2.24, 2.45) is 5.10 Å². The van der Waals surface area contributed by atoms with Crippen molar-refractivity contribution >= 4 is 35.3 Å². The van der Waals surface area contributed by atoms with Crippen LogP contribution < -0.4 is 5.43 Å². The fraction of sp³-hybridized carbons (Fsp3) is 0.0588. The molecule has 0 saturated heterocycles. The molecule has 1 amide bonds. The molecule has 8 heteroatoms. The van der Waals surface area contributed by atoms with Gasteiger partial charge in [0.1, 0.15) is 5.15 Å².